The maximum absolute atomic E-state index is 10.5. The van der Waals surface area contributed by atoms with E-state index in [0.717, 1.165) is 11.1 Å². The first-order valence-corrected chi connectivity index (χ1v) is 10.0. The van der Waals surface area contributed by atoms with Crippen molar-refractivity contribution in [2.45, 2.75) is 57.3 Å². The zero-order chi connectivity index (χ0) is 21.2. The van der Waals surface area contributed by atoms with Gasteiger partial charge in [-0.3, -0.25) is 4.79 Å². The highest BCUT2D eigenvalue weighted by Gasteiger charge is 2.39. The number of aliphatic hydroxyl groups is 3. The van der Waals surface area contributed by atoms with Crippen LogP contribution in [0.4, 0.5) is 0 Å². The molecule has 0 aromatic heterocycles. The summed E-state index contributed by atoms with van der Waals surface area (Å²) in [6.07, 6.45) is 7.23. The van der Waals surface area contributed by atoms with Gasteiger partial charge in [0.1, 0.15) is 6.10 Å². The van der Waals surface area contributed by atoms with Crippen LogP contribution in [-0.2, 0) is 4.79 Å². The van der Waals surface area contributed by atoms with Crippen LogP contribution >= 0.6 is 0 Å². The molecule has 1 saturated carbocycles. The summed E-state index contributed by atoms with van der Waals surface area (Å²) in [4.78, 5) is 10.5. The molecule has 29 heavy (non-hydrogen) atoms. The van der Waals surface area contributed by atoms with Crippen molar-refractivity contribution in [3.8, 4) is 11.8 Å². The summed E-state index contributed by atoms with van der Waals surface area (Å²) in [7, 11) is 0. The summed E-state index contributed by atoms with van der Waals surface area (Å²) in [5.74, 6) is 4.55. The van der Waals surface area contributed by atoms with Gasteiger partial charge < -0.3 is 20.4 Å². The SMILES string of the molecule is Cc1ccccc1C#CC(O)/C=C/[C@@H]1[C@@H](C/C=C\CCCC(=O)O)[C@@H](O)C[C@H]1O. The van der Waals surface area contributed by atoms with Crippen molar-refractivity contribution in [3.63, 3.8) is 0 Å². The van der Waals surface area contributed by atoms with Crippen LogP contribution in [0.5, 0.6) is 0 Å². The number of hydrogen-bond donors (Lipinski definition) is 4. The third-order valence-corrected chi connectivity index (χ3v) is 5.27. The van der Waals surface area contributed by atoms with Crippen molar-refractivity contribution >= 4 is 5.97 Å². The molecule has 5 nitrogen and oxygen atoms in total. The Balaban J connectivity index is 1.93. The van der Waals surface area contributed by atoms with Gasteiger partial charge in [0.05, 0.1) is 12.2 Å². The van der Waals surface area contributed by atoms with Crippen LogP contribution in [0, 0.1) is 30.6 Å². The molecule has 156 valence electrons. The second-order valence-electron chi connectivity index (χ2n) is 7.52. The molecule has 1 unspecified atom stereocenters. The molecule has 1 aliphatic carbocycles. The lowest BCUT2D eigenvalue weighted by molar-refractivity contribution is -0.137. The second kappa shape index (κ2) is 11.6. The standard InChI is InChI=1S/C24H30O5/c1-17-8-6-7-9-18(17)12-13-19(25)14-15-21-20(22(26)16-23(21)27)10-4-2-3-5-11-24(28)29/h2,4,6-9,14-15,19-23,25-27H,3,5,10-11,16H2,1H3,(H,28,29)/b4-2-,15-14+/t19?,20-,21-,22+,23-/m1/s1. The molecule has 1 aliphatic rings. The monoisotopic (exact) mass is 398 g/mol. The van der Waals surface area contributed by atoms with Crippen molar-refractivity contribution in [1.29, 1.82) is 0 Å². The Bertz CT molecular complexity index is 786. The molecular formula is C24H30O5. The number of hydrogen-bond acceptors (Lipinski definition) is 4. The van der Waals surface area contributed by atoms with Crippen molar-refractivity contribution in [3.05, 3.63) is 59.7 Å². The van der Waals surface area contributed by atoms with E-state index in [9.17, 15) is 20.1 Å². The first kappa shape index (κ1) is 22.9. The van der Waals surface area contributed by atoms with Crippen molar-refractivity contribution in [2.24, 2.45) is 11.8 Å². The first-order valence-electron chi connectivity index (χ1n) is 10.0. The summed E-state index contributed by atoms with van der Waals surface area (Å²) in [6, 6.07) is 7.69. The highest BCUT2D eigenvalue weighted by molar-refractivity contribution is 5.66. The minimum Gasteiger partial charge on any atom is -0.481 e. The van der Waals surface area contributed by atoms with E-state index in [1.165, 1.54) is 0 Å². The summed E-state index contributed by atoms with van der Waals surface area (Å²) in [5.41, 5.74) is 1.91. The number of carbonyl (C=O) groups is 1. The lowest BCUT2D eigenvalue weighted by Gasteiger charge is -2.19. The molecule has 1 aromatic carbocycles. The molecule has 1 aromatic rings. The minimum atomic E-state index is -0.952. The molecule has 0 spiro atoms. The Labute approximate surface area is 172 Å². The number of aryl methyl sites for hydroxylation is 1. The van der Waals surface area contributed by atoms with Crippen LogP contribution in [0.15, 0.2) is 48.6 Å². The molecule has 0 aliphatic heterocycles. The van der Waals surface area contributed by atoms with Crippen LogP contribution in [0.25, 0.3) is 0 Å². The average molecular weight is 398 g/mol. The summed E-state index contributed by atoms with van der Waals surface area (Å²) >= 11 is 0. The van der Waals surface area contributed by atoms with Gasteiger partial charge in [-0.1, -0.05) is 48.3 Å². The lowest BCUT2D eigenvalue weighted by Crippen LogP contribution is -2.20. The van der Waals surface area contributed by atoms with Crippen molar-refractivity contribution < 1.29 is 25.2 Å². The van der Waals surface area contributed by atoms with E-state index < -0.39 is 24.3 Å². The van der Waals surface area contributed by atoms with Gasteiger partial charge in [0.2, 0.25) is 0 Å². The Morgan fingerprint density at radius 2 is 2.00 bits per heavy atom. The zero-order valence-corrected chi connectivity index (χ0v) is 16.7. The average Bonchev–Trinajstić information content (AvgIpc) is 2.94. The number of aliphatic carboxylic acids is 1. The maximum atomic E-state index is 10.5. The molecule has 0 saturated heterocycles. The molecule has 2 rings (SSSR count). The fraction of sp³-hybridized carbons (Fsp3) is 0.458. The van der Waals surface area contributed by atoms with Gasteiger partial charge >= 0.3 is 5.97 Å². The highest BCUT2D eigenvalue weighted by atomic mass is 16.4. The van der Waals surface area contributed by atoms with E-state index in [0.29, 0.717) is 25.7 Å². The van der Waals surface area contributed by atoms with Crippen LogP contribution in [0.3, 0.4) is 0 Å². The molecule has 0 heterocycles. The number of benzene rings is 1. The highest BCUT2D eigenvalue weighted by Crippen LogP contribution is 2.36. The smallest absolute Gasteiger partial charge is 0.303 e. The van der Waals surface area contributed by atoms with Crippen LogP contribution < -0.4 is 0 Å². The van der Waals surface area contributed by atoms with E-state index in [1.54, 1.807) is 12.2 Å². The van der Waals surface area contributed by atoms with Gasteiger partial charge in [0.25, 0.3) is 0 Å². The van der Waals surface area contributed by atoms with Gasteiger partial charge in [-0.2, -0.15) is 0 Å². The molecule has 1 fully saturated rings. The van der Waals surface area contributed by atoms with E-state index in [4.69, 9.17) is 5.11 Å². The molecule has 0 bridgehead atoms. The van der Waals surface area contributed by atoms with Crippen LogP contribution in [-0.4, -0.2) is 44.7 Å². The summed E-state index contributed by atoms with van der Waals surface area (Å²) in [6.45, 7) is 1.96. The van der Waals surface area contributed by atoms with Crippen molar-refractivity contribution in [1.82, 2.24) is 0 Å². The van der Waals surface area contributed by atoms with E-state index in [2.05, 4.69) is 11.8 Å². The second-order valence-corrected chi connectivity index (χ2v) is 7.52. The van der Waals surface area contributed by atoms with Crippen LogP contribution in [0.2, 0.25) is 0 Å². The maximum Gasteiger partial charge on any atom is 0.303 e. The van der Waals surface area contributed by atoms with Gasteiger partial charge in [0.15, 0.2) is 0 Å². The quantitative estimate of drug-likeness (QED) is 0.307. The van der Waals surface area contributed by atoms with E-state index in [-0.39, 0.29) is 18.3 Å². The number of allylic oxidation sites excluding steroid dienone is 2. The van der Waals surface area contributed by atoms with Gasteiger partial charge in [0, 0.05) is 24.3 Å². The third kappa shape index (κ3) is 7.51. The topological polar surface area (TPSA) is 98.0 Å². The Hall–Kier alpha value is -2.39. The number of carboxylic acids is 1. The fourth-order valence-electron chi connectivity index (χ4n) is 3.60. The normalized spacial score (nSPS) is 25.2. The molecule has 0 radical (unpaired) electrons. The minimum absolute atomic E-state index is 0.141. The largest absolute Gasteiger partial charge is 0.481 e. The van der Waals surface area contributed by atoms with Crippen molar-refractivity contribution in [2.75, 3.05) is 0 Å². The number of rotatable bonds is 8. The number of carboxylic acid groups (broad SMARTS) is 1. The Kier molecular flexibility index (Phi) is 9.14. The van der Waals surface area contributed by atoms with Crippen LogP contribution in [0.1, 0.15) is 43.2 Å². The summed E-state index contributed by atoms with van der Waals surface area (Å²) < 4.78 is 0. The summed E-state index contributed by atoms with van der Waals surface area (Å²) in [5, 5.41) is 39.3. The first-order chi connectivity index (χ1) is 13.9. The third-order valence-electron chi connectivity index (χ3n) is 5.27. The zero-order valence-electron chi connectivity index (χ0n) is 16.7. The van der Waals surface area contributed by atoms with E-state index >= 15 is 0 Å². The Morgan fingerprint density at radius 1 is 1.24 bits per heavy atom. The molecule has 5 heteroatoms. The lowest BCUT2D eigenvalue weighted by atomic mass is 9.89. The molecular weight excluding hydrogens is 368 g/mol. The van der Waals surface area contributed by atoms with Gasteiger partial charge in [-0.15, -0.1) is 0 Å². The predicted octanol–water partition coefficient (Wildman–Crippen LogP) is 2.82. The molecule has 0 amide bonds. The van der Waals surface area contributed by atoms with Gasteiger partial charge in [-0.05, 0) is 49.8 Å². The predicted molar refractivity (Wildman–Crippen MR) is 112 cm³/mol. The Morgan fingerprint density at radius 3 is 2.72 bits per heavy atom. The fourth-order valence-corrected chi connectivity index (χ4v) is 3.60. The molecule has 5 atom stereocenters. The number of unbranched alkanes of at least 4 members (excludes halogenated alkanes) is 1. The molecule has 4 N–H and O–H groups in total. The number of aliphatic hydroxyl groups excluding tert-OH is 3. The van der Waals surface area contributed by atoms with E-state index in [1.807, 2.05) is 43.3 Å². The van der Waals surface area contributed by atoms with Gasteiger partial charge in [-0.25, -0.2) is 0 Å².